The number of ether oxygens (including phenoxy) is 3. The summed E-state index contributed by atoms with van der Waals surface area (Å²) in [6, 6.07) is 0. The molecular formula is C6H14O4Si. The van der Waals surface area contributed by atoms with E-state index < -0.39 is 9.76 Å². The fourth-order valence-electron chi connectivity index (χ4n) is 0.764. The lowest BCUT2D eigenvalue weighted by molar-refractivity contribution is -0.173. The molecule has 1 heterocycles. The first-order chi connectivity index (χ1) is 5.36. The number of methoxy groups -OCH3 is 2. The van der Waals surface area contributed by atoms with Crippen molar-refractivity contribution in [2.75, 3.05) is 20.8 Å². The summed E-state index contributed by atoms with van der Waals surface area (Å²) in [4.78, 5) is 0. The molecule has 0 aromatic heterocycles. The largest absolute Gasteiger partial charge is 0.394 e. The van der Waals surface area contributed by atoms with Crippen LogP contribution in [0.15, 0.2) is 0 Å². The third kappa shape index (κ3) is 2.88. The zero-order valence-corrected chi connectivity index (χ0v) is 8.32. The molecule has 4 nitrogen and oxygen atoms in total. The fraction of sp³-hybridized carbons (Fsp3) is 1.00. The zero-order valence-electron chi connectivity index (χ0n) is 6.91. The van der Waals surface area contributed by atoms with Gasteiger partial charge in [0.25, 0.3) is 0 Å². The number of rotatable bonds is 5. The minimum absolute atomic E-state index is 0.0227. The zero-order chi connectivity index (χ0) is 8.10. The van der Waals surface area contributed by atoms with Gasteiger partial charge in [0.15, 0.2) is 5.91 Å². The van der Waals surface area contributed by atoms with Gasteiger partial charge in [0, 0.05) is 20.6 Å². The lowest BCUT2D eigenvalue weighted by Crippen LogP contribution is -2.35. The predicted octanol–water partition coefficient (Wildman–Crippen LogP) is -0.590. The minimum atomic E-state index is -0.751. The highest BCUT2D eigenvalue weighted by atomic mass is 28.2. The average Bonchev–Trinajstić information content (AvgIpc) is 1.95. The maximum atomic E-state index is 5.39. The third-order valence-electron chi connectivity index (χ3n) is 1.60. The summed E-state index contributed by atoms with van der Waals surface area (Å²) in [5.74, 6) is -0.140. The fourth-order valence-corrected chi connectivity index (χ4v) is 1.67. The van der Waals surface area contributed by atoms with E-state index in [1.54, 1.807) is 14.2 Å². The molecule has 5 heteroatoms. The van der Waals surface area contributed by atoms with Gasteiger partial charge in [-0.15, -0.1) is 0 Å². The molecule has 1 atom stereocenters. The highest BCUT2D eigenvalue weighted by Crippen LogP contribution is 2.11. The van der Waals surface area contributed by atoms with Crippen LogP contribution >= 0.6 is 0 Å². The van der Waals surface area contributed by atoms with Crippen LogP contribution < -0.4 is 0 Å². The molecule has 0 saturated carbocycles. The van der Waals surface area contributed by atoms with Gasteiger partial charge in [-0.3, -0.25) is 0 Å². The minimum Gasteiger partial charge on any atom is -0.394 e. The van der Waals surface area contributed by atoms with Crippen LogP contribution in [0.5, 0.6) is 0 Å². The second-order valence-corrected chi connectivity index (χ2v) is 3.66. The Kier molecular flexibility index (Phi) is 4.02. The van der Waals surface area contributed by atoms with Crippen LogP contribution in [0.1, 0.15) is 6.42 Å². The van der Waals surface area contributed by atoms with E-state index >= 15 is 0 Å². The molecule has 0 radical (unpaired) electrons. The van der Waals surface area contributed by atoms with Crippen LogP contribution in [0.25, 0.3) is 0 Å². The maximum Gasteiger partial charge on any atom is 0.227 e. The van der Waals surface area contributed by atoms with Crippen LogP contribution in [0, 0.1) is 0 Å². The van der Waals surface area contributed by atoms with Crippen molar-refractivity contribution in [1.82, 2.24) is 0 Å². The van der Waals surface area contributed by atoms with E-state index in [9.17, 15) is 0 Å². The van der Waals surface area contributed by atoms with Crippen molar-refractivity contribution in [3.05, 3.63) is 0 Å². The molecule has 1 rings (SSSR count). The molecule has 0 N–H and O–H groups in total. The highest BCUT2D eigenvalue weighted by molar-refractivity contribution is 6.28. The topological polar surface area (TPSA) is 36.9 Å². The Morgan fingerprint density at radius 1 is 1.45 bits per heavy atom. The standard InChI is InChI=1S/C6H14O4Si/c1-7-6(8-2)11-10-5-3-4-9-5/h5-6H,3-4,11H2,1-2H3. The molecule has 11 heavy (non-hydrogen) atoms. The van der Waals surface area contributed by atoms with Gasteiger partial charge in [-0.2, -0.15) is 0 Å². The Hall–Kier alpha value is 0.0569. The summed E-state index contributed by atoms with van der Waals surface area (Å²) in [5, 5.41) is 0. The quantitative estimate of drug-likeness (QED) is 0.416. The van der Waals surface area contributed by atoms with Crippen LogP contribution in [0.3, 0.4) is 0 Å². The van der Waals surface area contributed by atoms with Crippen LogP contribution in [-0.4, -0.2) is 42.8 Å². The van der Waals surface area contributed by atoms with Gasteiger partial charge in [0.05, 0.1) is 6.61 Å². The number of hydrogen-bond donors (Lipinski definition) is 0. The van der Waals surface area contributed by atoms with Crippen LogP contribution in [0.4, 0.5) is 0 Å². The van der Waals surface area contributed by atoms with Crippen LogP contribution in [0.2, 0.25) is 0 Å². The summed E-state index contributed by atoms with van der Waals surface area (Å²) in [7, 11) is 2.48. The normalized spacial score (nSPS) is 24.8. The van der Waals surface area contributed by atoms with E-state index in [1.807, 2.05) is 0 Å². The second-order valence-electron chi connectivity index (χ2n) is 2.32. The van der Waals surface area contributed by atoms with Crippen LogP contribution in [-0.2, 0) is 18.6 Å². The summed E-state index contributed by atoms with van der Waals surface area (Å²) in [6.07, 6.45) is 1.03. The monoisotopic (exact) mass is 178 g/mol. The van der Waals surface area contributed by atoms with E-state index in [1.165, 1.54) is 0 Å². The Morgan fingerprint density at radius 3 is 2.45 bits per heavy atom. The van der Waals surface area contributed by atoms with Gasteiger partial charge in [0.2, 0.25) is 9.76 Å². The van der Waals surface area contributed by atoms with Crippen molar-refractivity contribution in [2.24, 2.45) is 0 Å². The molecule has 1 unspecified atom stereocenters. The lowest BCUT2D eigenvalue weighted by Gasteiger charge is -2.27. The molecule has 0 amide bonds. The Labute approximate surface area is 68.7 Å². The third-order valence-corrected chi connectivity index (χ3v) is 3.10. The summed E-state index contributed by atoms with van der Waals surface area (Å²) in [5.41, 5.74) is 0. The van der Waals surface area contributed by atoms with Crippen molar-refractivity contribution < 1.29 is 18.6 Å². The van der Waals surface area contributed by atoms with E-state index in [4.69, 9.17) is 18.6 Å². The second kappa shape index (κ2) is 4.84. The Bertz CT molecular complexity index is 103. The molecule has 1 aliphatic heterocycles. The number of hydrogen-bond acceptors (Lipinski definition) is 4. The highest BCUT2D eigenvalue weighted by Gasteiger charge is 2.20. The van der Waals surface area contributed by atoms with Gasteiger partial charge >= 0.3 is 0 Å². The molecule has 1 fully saturated rings. The molecule has 0 spiro atoms. The van der Waals surface area contributed by atoms with Gasteiger partial charge in [0.1, 0.15) is 6.29 Å². The Morgan fingerprint density at radius 2 is 2.09 bits per heavy atom. The van der Waals surface area contributed by atoms with Gasteiger partial charge in [-0.25, -0.2) is 0 Å². The van der Waals surface area contributed by atoms with Gasteiger partial charge < -0.3 is 18.6 Å². The van der Waals surface area contributed by atoms with E-state index in [0.717, 1.165) is 13.0 Å². The van der Waals surface area contributed by atoms with Crippen molar-refractivity contribution in [3.8, 4) is 0 Å². The van der Waals surface area contributed by atoms with E-state index in [0.29, 0.717) is 0 Å². The molecular weight excluding hydrogens is 164 g/mol. The first kappa shape index (κ1) is 9.15. The first-order valence-corrected chi connectivity index (χ1v) is 5.05. The van der Waals surface area contributed by atoms with Crippen molar-refractivity contribution in [2.45, 2.75) is 18.6 Å². The molecule has 0 bridgehead atoms. The molecule has 0 aromatic rings. The maximum absolute atomic E-state index is 5.39. The molecule has 1 saturated heterocycles. The van der Waals surface area contributed by atoms with Gasteiger partial charge in [-0.1, -0.05) is 0 Å². The van der Waals surface area contributed by atoms with E-state index in [2.05, 4.69) is 0 Å². The van der Waals surface area contributed by atoms with Gasteiger partial charge in [-0.05, 0) is 0 Å². The first-order valence-electron chi connectivity index (χ1n) is 3.65. The molecule has 1 aliphatic rings. The molecule has 0 aromatic carbocycles. The van der Waals surface area contributed by atoms with Crippen molar-refractivity contribution in [3.63, 3.8) is 0 Å². The SMILES string of the molecule is COC(OC)[SiH2]OC1CCO1. The average molecular weight is 178 g/mol. The summed E-state index contributed by atoms with van der Waals surface area (Å²) in [6.45, 7) is 0.823. The molecule has 0 aliphatic carbocycles. The summed E-state index contributed by atoms with van der Waals surface area (Å²) < 4.78 is 20.4. The lowest BCUT2D eigenvalue weighted by atomic mass is 10.4. The summed E-state index contributed by atoms with van der Waals surface area (Å²) >= 11 is 0. The van der Waals surface area contributed by atoms with Crippen molar-refractivity contribution >= 4 is 9.76 Å². The van der Waals surface area contributed by atoms with Crippen molar-refractivity contribution in [1.29, 1.82) is 0 Å². The molecule has 66 valence electrons. The Balaban J connectivity index is 1.99. The predicted molar refractivity (Wildman–Crippen MR) is 41.8 cm³/mol. The smallest absolute Gasteiger partial charge is 0.227 e. The van der Waals surface area contributed by atoms with E-state index in [-0.39, 0.29) is 12.2 Å².